The maximum atomic E-state index is 12.5. The van der Waals surface area contributed by atoms with Crippen molar-refractivity contribution in [1.29, 1.82) is 0 Å². The van der Waals surface area contributed by atoms with Gasteiger partial charge >= 0.3 is 6.18 Å². The predicted octanol–water partition coefficient (Wildman–Crippen LogP) is 3.19. The first-order chi connectivity index (χ1) is 12.8. The Morgan fingerprint density at radius 3 is 2.41 bits per heavy atom. The molecular weight excluding hydrogens is 379 g/mol. The number of carbonyl (C=O) groups excluding carboxylic acids is 1. The molecule has 0 N–H and O–H groups in total. The molecule has 0 spiro atoms. The lowest BCUT2D eigenvalue weighted by molar-refractivity contribution is -0.138. The zero-order valence-corrected chi connectivity index (χ0v) is 15.6. The number of amides is 1. The molecule has 1 saturated heterocycles. The van der Waals surface area contributed by atoms with E-state index in [-0.39, 0.29) is 18.3 Å². The van der Waals surface area contributed by atoms with E-state index in [4.69, 9.17) is 4.74 Å². The van der Waals surface area contributed by atoms with Crippen LogP contribution in [-0.2, 0) is 17.5 Å². The van der Waals surface area contributed by atoms with Crippen LogP contribution in [0.3, 0.4) is 0 Å². The minimum Gasteiger partial charge on any atom is -0.484 e. The number of halogens is 3. The average molecular weight is 399 g/mol. The van der Waals surface area contributed by atoms with E-state index in [9.17, 15) is 18.0 Å². The van der Waals surface area contributed by atoms with Crippen LogP contribution >= 0.6 is 11.3 Å². The van der Waals surface area contributed by atoms with E-state index in [1.54, 1.807) is 16.2 Å². The fourth-order valence-corrected chi connectivity index (χ4v) is 3.45. The number of carbonyl (C=O) groups is 1. The van der Waals surface area contributed by atoms with Crippen LogP contribution in [0.1, 0.15) is 16.3 Å². The first kappa shape index (κ1) is 19.6. The standard InChI is InChI=1S/C18H20F3N3O2S/c1-13-22-15(12-27-13)10-23-6-8-24(9-7-23)17(25)11-26-16-4-2-14(3-5-16)18(19,20)21/h2-5,12H,6-11H2,1H3. The van der Waals surface area contributed by atoms with E-state index < -0.39 is 11.7 Å². The van der Waals surface area contributed by atoms with Gasteiger partial charge in [0, 0.05) is 38.1 Å². The summed E-state index contributed by atoms with van der Waals surface area (Å²) in [6.07, 6.45) is -4.38. The molecule has 0 atom stereocenters. The summed E-state index contributed by atoms with van der Waals surface area (Å²) >= 11 is 1.62. The van der Waals surface area contributed by atoms with E-state index in [1.807, 2.05) is 12.3 Å². The molecule has 27 heavy (non-hydrogen) atoms. The van der Waals surface area contributed by atoms with Crippen molar-refractivity contribution >= 4 is 17.2 Å². The number of alkyl halides is 3. The highest BCUT2D eigenvalue weighted by molar-refractivity contribution is 7.09. The molecule has 2 aromatic rings. The van der Waals surface area contributed by atoms with Gasteiger partial charge < -0.3 is 9.64 Å². The Balaban J connectivity index is 1.43. The van der Waals surface area contributed by atoms with Crippen molar-refractivity contribution < 1.29 is 22.7 Å². The Bertz CT molecular complexity index is 769. The second kappa shape index (κ2) is 8.26. The lowest BCUT2D eigenvalue weighted by Gasteiger charge is -2.34. The smallest absolute Gasteiger partial charge is 0.416 e. The minimum absolute atomic E-state index is 0.168. The van der Waals surface area contributed by atoms with Gasteiger partial charge in [-0.05, 0) is 31.2 Å². The number of nitrogens with zero attached hydrogens (tertiary/aromatic N) is 3. The molecular formula is C18H20F3N3O2S. The summed E-state index contributed by atoms with van der Waals surface area (Å²) in [4.78, 5) is 20.7. The predicted molar refractivity (Wildman–Crippen MR) is 95.6 cm³/mol. The Kier molecular flexibility index (Phi) is 6.01. The molecule has 1 aliphatic heterocycles. The number of piperazine rings is 1. The fraction of sp³-hybridized carbons (Fsp3) is 0.444. The van der Waals surface area contributed by atoms with Crippen LogP contribution in [0.15, 0.2) is 29.6 Å². The molecule has 9 heteroatoms. The summed E-state index contributed by atoms with van der Waals surface area (Å²) in [6.45, 7) is 5.26. The van der Waals surface area contributed by atoms with E-state index in [0.717, 1.165) is 42.5 Å². The quantitative estimate of drug-likeness (QED) is 0.775. The Morgan fingerprint density at radius 2 is 1.85 bits per heavy atom. The molecule has 5 nitrogen and oxygen atoms in total. The van der Waals surface area contributed by atoms with Crippen molar-refractivity contribution in [1.82, 2.24) is 14.8 Å². The number of aromatic nitrogens is 1. The molecule has 0 saturated carbocycles. The highest BCUT2D eigenvalue weighted by Crippen LogP contribution is 2.30. The van der Waals surface area contributed by atoms with Crippen molar-refractivity contribution in [3.05, 3.63) is 45.9 Å². The van der Waals surface area contributed by atoms with Crippen LogP contribution in [-0.4, -0.2) is 53.5 Å². The van der Waals surface area contributed by atoms with Gasteiger partial charge in [-0.15, -0.1) is 11.3 Å². The van der Waals surface area contributed by atoms with Gasteiger partial charge in [0.25, 0.3) is 5.91 Å². The largest absolute Gasteiger partial charge is 0.484 e. The van der Waals surface area contributed by atoms with E-state index >= 15 is 0 Å². The van der Waals surface area contributed by atoms with Crippen LogP contribution in [0.25, 0.3) is 0 Å². The van der Waals surface area contributed by atoms with E-state index in [2.05, 4.69) is 9.88 Å². The van der Waals surface area contributed by atoms with Crippen LogP contribution in [0.4, 0.5) is 13.2 Å². The molecule has 1 aliphatic rings. The first-order valence-corrected chi connectivity index (χ1v) is 9.40. The summed E-state index contributed by atoms with van der Waals surface area (Å²) in [5.74, 6) is 0.0768. The van der Waals surface area contributed by atoms with E-state index in [0.29, 0.717) is 13.1 Å². The van der Waals surface area contributed by atoms with Crippen molar-refractivity contribution in [2.45, 2.75) is 19.6 Å². The second-order valence-electron chi connectivity index (χ2n) is 6.33. The molecule has 0 unspecified atom stereocenters. The summed E-state index contributed by atoms with van der Waals surface area (Å²) in [5.41, 5.74) is 0.301. The summed E-state index contributed by atoms with van der Waals surface area (Å²) in [5, 5.41) is 3.09. The number of hydrogen-bond donors (Lipinski definition) is 0. The lowest BCUT2D eigenvalue weighted by Crippen LogP contribution is -2.49. The third-order valence-corrected chi connectivity index (χ3v) is 5.14. The molecule has 1 fully saturated rings. The fourth-order valence-electron chi connectivity index (χ4n) is 2.84. The van der Waals surface area contributed by atoms with Gasteiger partial charge in [0.2, 0.25) is 0 Å². The van der Waals surface area contributed by atoms with Gasteiger partial charge in [-0.2, -0.15) is 13.2 Å². The average Bonchev–Trinajstić information content (AvgIpc) is 3.04. The topological polar surface area (TPSA) is 45.7 Å². The first-order valence-electron chi connectivity index (χ1n) is 8.52. The number of hydrogen-bond acceptors (Lipinski definition) is 5. The third kappa shape index (κ3) is 5.43. The van der Waals surface area contributed by atoms with Gasteiger partial charge in [-0.25, -0.2) is 4.98 Å². The minimum atomic E-state index is -4.38. The number of ether oxygens (including phenoxy) is 1. The third-order valence-electron chi connectivity index (χ3n) is 4.32. The SMILES string of the molecule is Cc1nc(CN2CCN(C(=O)COc3ccc(C(F)(F)F)cc3)CC2)cs1. The van der Waals surface area contributed by atoms with Crippen molar-refractivity contribution in [3.8, 4) is 5.75 Å². The van der Waals surface area contributed by atoms with Gasteiger partial charge in [0.1, 0.15) is 5.75 Å². The summed E-state index contributed by atoms with van der Waals surface area (Å²) < 4.78 is 42.9. The van der Waals surface area contributed by atoms with Gasteiger partial charge in [-0.1, -0.05) is 0 Å². The molecule has 1 aromatic heterocycles. The van der Waals surface area contributed by atoms with Crippen molar-refractivity contribution in [2.75, 3.05) is 32.8 Å². The number of rotatable bonds is 5. The number of benzene rings is 1. The van der Waals surface area contributed by atoms with Crippen LogP contribution in [0, 0.1) is 6.92 Å². The van der Waals surface area contributed by atoms with Gasteiger partial charge in [-0.3, -0.25) is 9.69 Å². The molecule has 0 bridgehead atoms. The second-order valence-corrected chi connectivity index (χ2v) is 7.39. The van der Waals surface area contributed by atoms with E-state index in [1.165, 1.54) is 12.1 Å². The maximum Gasteiger partial charge on any atom is 0.416 e. The van der Waals surface area contributed by atoms with Crippen molar-refractivity contribution in [3.63, 3.8) is 0 Å². The zero-order chi connectivity index (χ0) is 19.4. The normalized spacial score (nSPS) is 15.8. The Hall–Kier alpha value is -2.13. The highest BCUT2D eigenvalue weighted by Gasteiger charge is 2.30. The van der Waals surface area contributed by atoms with Crippen LogP contribution in [0.2, 0.25) is 0 Å². The molecule has 146 valence electrons. The van der Waals surface area contributed by atoms with Gasteiger partial charge in [0.15, 0.2) is 6.61 Å². The molecule has 2 heterocycles. The molecule has 0 radical (unpaired) electrons. The molecule has 3 rings (SSSR count). The summed E-state index contributed by atoms with van der Waals surface area (Å²) in [7, 11) is 0. The monoisotopic (exact) mass is 399 g/mol. The van der Waals surface area contributed by atoms with Crippen LogP contribution in [0.5, 0.6) is 5.75 Å². The zero-order valence-electron chi connectivity index (χ0n) is 14.8. The molecule has 0 aliphatic carbocycles. The molecule has 1 aromatic carbocycles. The summed E-state index contributed by atoms with van der Waals surface area (Å²) in [6, 6.07) is 4.34. The number of thiazole rings is 1. The maximum absolute atomic E-state index is 12.5. The highest BCUT2D eigenvalue weighted by atomic mass is 32.1. The van der Waals surface area contributed by atoms with Crippen LogP contribution < -0.4 is 4.74 Å². The number of aryl methyl sites for hydroxylation is 1. The van der Waals surface area contributed by atoms with Crippen molar-refractivity contribution in [2.24, 2.45) is 0 Å². The van der Waals surface area contributed by atoms with Gasteiger partial charge in [0.05, 0.1) is 16.3 Å². The molecule has 1 amide bonds. The lowest BCUT2D eigenvalue weighted by atomic mass is 10.2. The Labute approximate surface area is 159 Å². The Morgan fingerprint density at radius 1 is 1.19 bits per heavy atom.